The van der Waals surface area contributed by atoms with Crippen LogP contribution in [0.25, 0.3) is 0 Å². The topological polar surface area (TPSA) is 38.3 Å². The van der Waals surface area contributed by atoms with E-state index in [1.807, 2.05) is 0 Å². The molecule has 3 nitrogen and oxygen atoms in total. The van der Waals surface area contributed by atoms with Gasteiger partial charge in [0, 0.05) is 0 Å². The number of rotatable bonds is 4. The molecule has 1 aliphatic carbocycles. The quantitative estimate of drug-likeness (QED) is 0.749. The fourth-order valence-electron chi connectivity index (χ4n) is 2.55. The molecule has 0 spiro atoms. The van der Waals surface area contributed by atoms with E-state index < -0.39 is 5.54 Å². The number of carbonyl (C=O) groups excluding carboxylic acids is 1. The first-order valence-corrected chi connectivity index (χ1v) is 6.36. The summed E-state index contributed by atoms with van der Waals surface area (Å²) in [6.07, 6.45) is 4.36. The van der Waals surface area contributed by atoms with E-state index in [0.29, 0.717) is 11.8 Å². The lowest BCUT2D eigenvalue weighted by atomic mass is 9.73. The van der Waals surface area contributed by atoms with Crippen molar-refractivity contribution in [2.45, 2.75) is 52.0 Å². The van der Waals surface area contributed by atoms with E-state index in [2.05, 4.69) is 26.1 Å². The average Bonchev–Trinajstić information content (AvgIpc) is 2.27. The van der Waals surface area contributed by atoms with Crippen LogP contribution in [0.4, 0.5) is 0 Å². The SMILES string of the molecule is COC(=O)C1(NCC(C)C)CCCCC1C. The molecule has 0 heterocycles. The molecule has 2 atom stereocenters. The molecule has 0 amide bonds. The van der Waals surface area contributed by atoms with Gasteiger partial charge in [-0.05, 0) is 31.2 Å². The van der Waals surface area contributed by atoms with Crippen LogP contribution in [0.3, 0.4) is 0 Å². The second-order valence-electron chi connectivity index (χ2n) is 5.38. The van der Waals surface area contributed by atoms with Crippen molar-refractivity contribution in [1.29, 1.82) is 0 Å². The average molecular weight is 227 g/mol. The number of nitrogens with one attached hydrogen (secondary N) is 1. The second kappa shape index (κ2) is 5.67. The zero-order valence-corrected chi connectivity index (χ0v) is 11.0. The minimum Gasteiger partial charge on any atom is -0.468 e. The number of methoxy groups -OCH3 is 1. The predicted molar refractivity (Wildman–Crippen MR) is 65.2 cm³/mol. The van der Waals surface area contributed by atoms with Gasteiger partial charge in [-0.2, -0.15) is 0 Å². The fraction of sp³-hybridized carbons (Fsp3) is 0.923. The van der Waals surface area contributed by atoms with Crippen LogP contribution in [-0.4, -0.2) is 25.2 Å². The van der Waals surface area contributed by atoms with Crippen LogP contribution in [0.2, 0.25) is 0 Å². The monoisotopic (exact) mass is 227 g/mol. The highest BCUT2D eigenvalue weighted by molar-refractivity contribution is 5.81. The Labute approximate surface area is 98.9 Å². The summed E-state index contributed by atoms with van der Waals surface area (Å²) in [7, 11) is 1.49. The standard InChI is InChI=1S/C13H25NO2/c1-10(2)9-14-13(12(15)16-4)8-6-5-7-11(13)3/h10-11,14H,5-9H2,1-4H3. The van der Waals surface area contributed by atoms with Gasteiger partial charge in [0.05, 0.1) is 7.11 Å². The normalized spacial score (nSPS) is 30.4. The Morgan fingerprint density at radius 3 is 2.69 bits per heavy atom. The van der Waals surface area contributed by atoms with Crippen molar-refractivity contribution in [3.05, 3.63) is 0 Å². The van der Waals surface area contributed by atoms with Crippen LogP contribution in [0, 0.1) is 11.8 Å². The molecule has 1 fully saturated rings. The summed E-state index contributed by atoms with van der Waals surface area (Å²) in [5.74, 6) is 0.837. The van der Waals surface area contributed by atoms with Crippen LogP contribution >= 0.6 is 0 Å². The smallest absolute Gasteiger partial charge is 0.326 e. The fourth-order valence-corrected chi connectivity index (χ4v) is 2.55. The summed E-state index contributed by atoms with van der Waals surface area (Å²) in [6.45, 7) is 7.35. The lowest BCUT2D eigenvalue weighted by Crippen LogP contribution is -2.59. The number of hydrogen-bond acceptors (Lipinski definition) is 3. The molecular weight excluding hydrogens is 202 g/mol. The maximum atomic E-state index is 12.0. The van der Waals surface area contributed by atoms with Crippen molar-refractivity contribution in [2.24, 2.45) is 11.8 Å². The third-order valence-electron chi connectivity index (χ3n) is 3.67. The summed E-state index contributed by atoms with van der Waals surface area (Å²) in [5, 5.41) is 3.46. The molecule has 94 valence electrons. The molecule has 1 rings (SSSR count). The molecule has 16 heavy (non-hydrogen) atoms. The van der Waals surface area contributed by atoms with Gasteiger partial charge in [-0.25, -0.2) is 0 Å². The minimum atomic E-state index is -0.433. The molecule has 0 saturated heterocycles. The lowest BCUT2D eigenvalue weighted by Gasteiger charge is -2.41. The first kappa shape index (κ1) is 13.5. The van der Waals surface area contributed by atoms with Gasteiger partial charge in [-0.3, -0.25) is 4.79 Å². The zero-order chi connectivity index (χ0) is 12.2. The molecule has 0 aromatic rings. The summed E-state index contributed by atoms with van der Waals surface area (Å²) in [6, 6.07) is 0. The molecule has 0 bridgehead atoms. The van der Waals surface area contributed by atoms with E-state index >= 15 is 0 Å². The third-order valence-corrected chi connectivity index (χ3v) is 3.67. The van der Waals surface area contributed by atoms with Crippen LogP contribution in [0.5, 0.6) is 0 Å². The number of hydrogen-bond donors (Lipinski definition) is 1. The van der Waals surface area contributed by atoms with Gasteiger partial charge in [0.25, 0.3) is 0 Å². The van der Waals surface area contributed by atoms with E-state index in [1.54, 1.807) is 0 Å². The van der Waals surface area contributed by atoms with Crippen molar-refractivity contribution in [2.75, 3.05) is 13.7 Å². The highest BCUT2D eigenvalue weighted by Gasteiger charge is 2.45. The first-order chi connectivity index (χ1) is 7.53. The molecule has 0 aromatic heterocycles. The molecule has 0 aliphatic heterocycles. The molecule has 1 saturated carbocycles. The Kier molecular flexibility index (Phi) is 4.78. The summed E-state index contributed by atoms with van der Waals surface area (Å²) in [4.78, 5) is 12.0. The Morgan fingerprint density at radius 2 is 2.19 bits per heavy atom. The van der Waals surface area contributed by atoms with Gasteiger partial charge in [0.15, 0.2) is 0 Å². The Bertz CT molecular complexity index is 240. The maximum absolute atomic E-state index is 12.0. The lowest BCUT2D eigenvalue weighted by molar-refractivity contribution is -0.152. The summed E-state index contributed by atoms with van der Waals surface area (Å²) in [5.41, 5.74) is -0.433. The molecule has 0 aromatic carbocycles. The Hall–Kier alpha value is -0.570. The van der Waals surface area contributed by atoms with Crippen LogP contribution in [0.1, 0.15) is 46.5 Å². The molecule has 1 aliphatic rings. The highest BCUT2D eigenvalue weighted by Crippen LogP contribution is 2.34. The number of carbonyl (C=O) groups is 1. The van der Waals surface area contributed by atoms with Crippen LogP contribution < -0.4 is 5.32 Å². The Balaban J connectivity index is 2.78. The first-order valence-electron chi connectivity index (χ1n) is 6.36. The van der Waals surface area contributed by atoms with Crippen molar-refractivity contribution in [1.82, 2.24) is 5.32 Å². The van der Waals surface area contributed by atoms with Gasteiger partial charge >= 0.3 is 5.97 Å². The molecule has 1 N–H and O–H groups in total. The van der Waals surface area contributed by atoms with Gasteiger partial charge in [-0.1, -0.05) is 33.6 Å². The third kappa shape index (κ3) is 2.76. The van der Waals surface area contributed by atoms with Crippen LogP contribution in [-0.2, 0) is 9.53 Å². The van der Waals surface area contributed by atoms with Gasteiger partial charge in [0.2, 0.25) is 0 Å². The molecule has 0 radical (unpaired) electrons. The van der Waals surface area contributed by atoms with E-state index in [-0.39, 0.29) is 5.97 Å². The van der Waals surface area contributed by atoms with Crippen LogP contribution in [0.15, 0.2) is 0 Å². The van der Waals surface area contributed by atoms with Crippen molar-refractivity contribution in [3.8, 4) is 0 Å². The highest BCUT2D eigenvalue weighted by atomic mass is 16.5. The number of esters is 1. The van der Waals surface area contributed by atoms with E-state index in [0.717, 1.165) is 25.8 Å². The maximum Gasteiger partial charge on any atom is 0.326 e. The molecule has 2 unspecified atom stereocenters. The molecular formula is C13H25NO2. The van der Waals surface area contributed by atoms with Crippen molar-refractivity contribution < 1.29 is 9.53 Å². The minimum absolute atomic E-state index is 0.0830. The summed E-state index contributed by atoms with van der Waals surface area (Å²) < 4.78 is 4.99. The van der Waals surface area contributed by atoms with E-state index in [1.165, 1.54) is 13.5 Å². The number of ether oxygens (including phenoxy) is 1. The van der Waals surface area contributed by atoms with Gasteiger partial charge < -0.3 is 10.1 Å². The van der Waals surface area contributed by atoms with E-state index in [9.17, 15) is 4.79 Å². The van der Waals surface area contributed by atoms with E-state index in [4.69, 9.17) is 4.74 Å². The molecule has 3 heteroatoms. The largest absolute Gasteiger partial charge is 0.468 e. The summed E-state index contributed by atoms with van der Waals surface area (Å²) >= 11 is 0. The Morgan fingerprint density at radius 1 is 1.50 bits per heavy atom. The zero-order valence-electron chi connectivity index (χ0n) is 11.0. The van der Waals surface area contributed by atoms with Crippen molar-refractivity contribution >= 4 is 5.97 Å². The predicted octanol–water partition coefficient (Wildman–Crippen LogP) is 2.35. The second-order valence-corrected chi connectivity index (χ2v) is 5.38. The van der Waals surface area contributed by atoms with Gasteiger partial charge in [0.1, 0.15) is 5.54 Å². The van der Waals surface area contributed by atoms with Gasteiger partial charge in [-0.15, -0.1) is 0 Å². The van der Waals surface area contributed by atoms with Crippen molar-refractivity contribution in [3.63, 3.8) is 0 Å².